The lowest BCUT2D eigenvalue weighted by Gasteiger charge is -2.38. The monoisotopic (exact) mass is 380 g/mol. The molecule has 0 aliphatic carbocycles. The smallest absolute Gasteiger partial charge is 0.327 e. The van der Waals surface area contributed by atoms with Crippen molar-refractivity contribution in [1.82, 2.24) is 9.21 Å². The summed E-state index contributed by atoms with van der Waals surface area (Å²) in [6, 6.07) is 9.97. The van der Waals surface area contributed by atoms with Crippen molar-refractivity contribution in [3.05, 3.63) is 52.7 Å². The molecule has 0 spiro atoms. The van der Waals surface area contributed by atoms with Crippen LogP contribution in [0.5, 0.6) is 0 Å². The molecule has 132 valence electrons. The topological polar surface area (TPSA) is 95.0 Å². The number of amides is 1. The second-order valence-corrected chi connectivity index (χ2v) is 8.39. The van der Waals surface area contributed by atoms with Gasteiger partial charge in [0.15, 0.2) is 0 Å². The van der Waals surface area contributed by atoms with E-state index in [0.717, 1.165) is 4.31 Å². The third-order valence-corrected chi connectivity index (χ3v) is 6.74. The fourth-order valence-corrected chi connectivity index (χ4v) is 4.85. The van der Waals surface area contributed by atoms with Crippen LogP contribution in [0.25, 0.3) is 0 Å². The number of rotatable bonds is 4. The lowest BCUT2D eigenvalue weighted by atomic mass is 10.2. The van der Waals surface area contributed by atoms with Crippen LogP contribution in [0.15, 0.2) is 52.7 Å². The number of piperazine rings is 1. The maximum atomic E-state index is 12.7. The first kappa shape index (κ1) is 17.6. The Morgan fingerprint density at radius 1 is 1.08 bits per heavy atom. The largest absolute Gasteiger partial charge is 0.480 e. The van der Waals surface area contributed by atoms with Crippen molar-refractivity contribution in [2.24, 2.45) is 0 Å². The second kappa shape index (κ2) is 6.95. The van der Waals surface area contributed by atoms with Crippen molar-refractivity contribution in [1.29, 1.82) is 0 Å². The average molecular weight is 380 g/mol. The predicted octanol–water partition coefficient (Wildman–Crippen LogP) is 1.35. The number of aliphatic carboxylic acids is 1. The molecule has 0 bridgehead atoms. The van der Waals surface area contributed by atoms with Gasteiger partial charge in [0.25, 0.3) is 5.91 Å². The van der Waals surface area contributed by atoms with E-state index in [2.05, 4.69) is 0 Å². The van der Waals surface area contributed by atoms with Crippen LogP contribution in [0.1, 0.15) is 9.67 Å². The van der Waals surface area contributed by atoms with Gasteiger partial charge in [-0.3, -0.25) is 4.79 Å². The van der Waals surface area contributed by atoms with Gasteiger partial charge in [-0.25, -0.2) is 13.2 Å². The summed E-state index contributed by atoms with van der Waals surface area (Å²) in [6.07, 6.45) is 0. The lowest BCUT2D eigenvalue weighted by Crippen LogP contribution is -2.59. The Labute approximate surface area is 149 Å². The highest BCUT2D eigenvalue weighted by Gasteiger charge is 2.40. The summed E-state index contributed by atoms with van der Waals surface area (Å²) >= 11 is 1.23. The minimum absolute atomic E-state index is 0.0275. The summed E-state index contributed by atoms with van der Waals surface area (Å²) in [4.78, 5) is 25.9. The number of hydrogen-bond acceptors (Lipinski definition) is 5. The molecule has 9 heteroatoms. The molecule has 1 N–H and O–H groups in total. The van der Waals surface area contributed by atoms with Gasteiger partial charge in [0.05, 0.1) is 9.77 Å². The Balaban J connectivity index is 1.85. The molecule has 0 radical (unpaired) electrons. The Morgan fingerprint density at radius 2 is 1.80 bits per heavy atom. The number of sulfonamides is 1. The second-order valence-electron chi connectivity index (χ2n) is 5.51. The Morgan fingerprint density at radius 3 is 2.40 bits per heavy atom. The van der Waals surface area contributed by atoms with Crippen LogP contribution in [-0.2, 0) is 14.8 Å². The van der Waals surface area contributed by atoms with Crippen LogP contribution in [-0.4, -0.2) is 60.3 Å². The van der Waals surface area contributed by atoms with Crippen LogP contribution < -0.4 is 0 Å². The van der Waals surface area contributed by atoms with E-state index in [4.69, 9.17) is 0 Å². The quantitative estimate of drug-likeness (QED) is 0.864. The van der Waals surface area contributed by atoms with Gasteiger partial charge in [-0.2, -0.15) is 4.31 Å². The Kier molecular flexibility index (Phi) is 4.89. The summed E-state index contributed by atoms with van der Waals surface area (Å²) in [7, 11) is -3.80. The van der Waals surface area contributed by atoms with E-state index in [0.29, 0.717) is 4.88 Å². The summed E-state index contributed by atoms with van der Waals surface area (Å²) in [5, 5.41) is 11.2. The number of carboxylic acids is 1. The summed E-state index contributed by atoms with van der Waals surface area (Å²) < 4.78 is 26.5. The number of hydrogen-bond donors (Lipinski definition) is 1. The molecule has 1 aliphatic rings. The van der Waals surface area contributed by atoms with Crippen molar-refractivity contribution in [3.8, 4) is 0 Å². The number of carboxylic acid groups (broad SMARTS) is 1. The molecular formula is C16H16N2O5S2. The lowest BCUT2D eigenvalue weighted by molar-refractivity contribution is -0.143. The fraction of sp³-hybridized carbons (Fsp3) is 0.250. The van der Waals surface area contributed by atoms with Crippen molar-refractivity contribution in [2.75, 3.05) is 19.6 Å². The standard InChI is InChI=1S/C16H16N2O5S2/c19-15(14-7-4-10-24-14)18-9-8-17(11-13(18)16(20)21)25(22,23)12-5-2-1-3-6-12/h1-7,10,13H,8-9,11H2,(H,20,21). The van der Waals surface area contributed by atoms with E-state index in [-0.39, 0.29) is 30.4 Å². The van der Waals surface area contributed by atoms with E-state index in [1.54, 1.807) is 35.7 Å². The fourth-order valence-electron chi connectivity index (χ4n) is 2.71. The molecule has 2 aromatic rings. The zero-order valence-electron chi connectivity index (χ0n) is 13.1. The van der Waals surface area contributed by atoms with Gasteiger partial charge >= 0.3 is 5.97 Å². The molecule has 7 nitrogen and oxygen atoms in total. The van der Waals surface area contributed by atoms with Gasteiger partial charge in [0, 0.05) is 19.6 Å². The third kappa shape index (κ3) is 3.44. The number of nitrogens with zero attached hydrogens (tertiary/aromatic N) is 2. The molecule has 1 aliphatic heterocycles. The number of thiophene rings is 1. The SMILES string of the molecule is O=C(O)C1CN(S(=O)(=O)c2ccccc2)CCN1C(=O)c1cccs1. The maximum absolute atomic E-state index is 12.7. The van der Waals surface area contributed by atoms with E-state index < -0.39 is 22.0 Å². The Bertz CT molecular complexity index is 865. The van der Waals surface area contributed by atoms with Gasteiger partial charge in [0.1, 0.15) is 6.04 Å². The highest BCUT2D eigenvalue weighted by atomic mass is 32.2. The van der Waals surface area contributed by atoms with Gasteiger partial charge in [-0.05, 0) is 23.6 Å². The summed E-state index contributed by atoms with van der Waals surface area (Å²) in [5.74, 6) is -1.61. The van der Waals surface area contributed by atoms with E-state index >= 15 is 0 Å². The number of carbonyl (C=O) groups excluding carboxylic acids is 1. The molecule has 1 aromatic carbocycles. The van der Waals surface area contributed by atoms with Gasteiger partial charge in [-0.15, -0.1) is 11.3 Å². The van der Waals surface area contributed by atoms with Crippen molar-refractivity contribution >= 4 is 33.2 Å². The molecule has 1 amide bonds. The first-order valence-corrected chi connectivity index (χ1v) is 9.85. The van der Waals surface area contributed by atoms with Crippen LogP contribution in [0.4, 0.5) is 0 Å². The maximum Gasteiger partial charge on any atom is 0.327 e. The zero-order valence-corrected chi connectivity index (χ0v) is 14.7. The van der Waals surface area contributed by atoms with Crippen molar-refractivity contribution in [2.45, 2.75) is 10.9 Å². The van der Waals surface area contributed by atoms with Gasteiger partial charge in [-0.1, -0.05) is 24.3 Å². The van der Waals surface area contributed by atoms with Gasteiger partial charge in [0.2, 0.25) is 10.0 Å². The zero-order chi connectivity index (χ0) is 18.0. The molecule has 1 saturated heterocycles. The van der Waals surface area contributed by atoms with Crippen molar-refractivity contribution in [3.63, 3.8) is 0 Å². The summed E-state index contributed by atoms with van der Waals surface area (Å²) in [5.41, 5.74) is 0. The highest BCUT2D eigenvalue weighted by Crippen LogP contribution is 2.22. The minimum Gasteiger partial charge on any atom is -0.480 e. The van der Waals surface area contributed by atoms with E-state index in [9.17, 15) is 23.1 Å². The number of carbonyl (C=O) groups is 2. The molecule has 1 aromatic heterocycles. The third-order valence-electron chi connectivity index (χ3n) is 4.00. The van der Waals surface area contributed by atoms with E-state index in [1.165, 1.54) is 28.4 Å². The molecule has 1 fully saturated rings. The van der Waals surface area contributed by atoms with Crippen LogP contribution in [0.3, 0.4) is 0 Å². The molecule has 25 heavy (non-hydrogen) atoms. The average Bonchev–Trinajstić information content (AvgIpc) is 3.16. The van der Waals surface area contributed by atoms with Gasteiger partial charge < -0.3 is 10.0 Å². The Hall–Kier alpha value is -2.23. The molecule has 0 saturated carbocycles. The minimum atomic E-state index is -3.80. The normalized spacial score (nSPS) is 18.9. The summed E-state index contributed by atoms with van der Waals surface area (Å²) in [6.45, 7) is -0.193. The molecule has 3 rings (SSSR count). The highest BCUT2D eigenvalue weighted by molar-refractivity contribution is 7.89. The first-order valence-electron chi connectivity index (χ1n) is 7.54. The number of benzene rings is 1. The van der Waals surface area contributed by atoms with E-state index in [1.807, 2.05) is 0 Å². The molecule has 1 unspecified atom stereocenters. The van der Waals surface area contributed by atoms with Crippen LogP contribution in [0.2, 0.25) is 0 Å². The molecule has 1 atom stereocenters. The first-order chi connectivity index (χ1) is 11.9. The molecule has 2 heterocycles. The van der Waals surface area contributed by atoms with Crippen molar-refractivity contribution < 1.29 is 23.1 Å². The van der Waals surface area contributed by atoms with Crippen LogP contribution in [0, 0.1) is 0 Å². The van der Waals surface area contributed by atoms with Crippen LogP contribution >= 0.6 is 11.3 Å². The molecular weight excluding hydrogens is 364 g/mol. The predicted molar refractivity (Wildman–Crippen MR) is 92.0 cm³/mol.